The maximum Gasteiger partial charge on any atom is 0.251 e. The number of hydrogen-bond donors (Lipinski definition) is 2. The highest BCUT2D eigenvalue weighted by Crippen LogP contribution is 2.15. The molecular weight excluding hydrogens is 374 g/mol. The smallest absolute Gasteiger partial charge is 0.251 e. The van der Waals surface area contributed by atoms with Gasteiger partial charge in [0.15, 0.2) is 0 Å². The highest BCUT2D eigenvalue weighted by molar-refractivity contribution is 5.94. The van der Waals surface area contributed by atoms with Crippen LogP contribution in [0.2, 0.25) is 0 Å². The van der Waals surface area contributed by atoms with E-state index >= 15 is 0 Å². The number of tetrazole rings is 1. The van der Waals surface area contributed by atoms with E-state index in [0.717, 1.165) is 30.4 Å². The Morgan fingerprint density at radius 3 is 2.86 bits per heavy atom. The molecule has 1 fully saturated rings. The van der Waals surface area contributed by atoms with E-state index in [1.165, 1.54) is 17.3 Å². The number of anilines is 2. The molecule has 11 heteroatoms. The van der Waals surface area contributed by atoms with Gasteiger partial charge in [-0.3, -0.25) is 4.79 Å². The molecule has 0 unspecified atom stereocenters. The summed E-state index contributed by atoms with van der Waals surface area (Å²) in [5.41, 5.74) is 1.26. The Morgan fingerprint density at radius 2 is 2.03 bits per heavy atom. The van der Waals surface area contributed by atoms with Crippen LogP contribution in [0.1, 0.15) is 10.4 Å². The molecule has 0 spiro atoms. The number of ether oxygens (including phenoxy) is 1. The molecule has 29 heavy (non-hydrogen) atoms. The lowest BCUT2D eigenvalue weighted by molar-refractivity contribution is 0.0955. The molecule has 1 amide bonds. The van der Waals surface area contributed by atoms with Gasteiger partial charge in [0.25, 0.3) is 5.91 Å². The molecule has 0 saturated carbocycles. The zero-order valence-corrected chi connectivity index (χ0v) is 15.7. The van der Waals surface area contributed by atoms with E-state index in [9.17, 15) is 4.79 Å². The summed E-state index contributed by atoms with van der Waals surface area (Å²) in [7, 11) is 0. The Hall–Kier alpha value is -3.60. The van der Waals surface area contributed by atoms with Crippen molar-refractivity contribution >= 4 is 17.5 Å². The zero-order valence-electron chi connectivity index (χ0n) is 15.7. The molecule has 1 aliphatic heterocycles. The quantitative estimate of drug-likeness (QED) is 0.537. The number of aromatic nitrogens is 6. The summed E-state index contributed by atoms with van der Waals surface area (Å²) in [5, 5.41) is 17.1. The van der Waals surface area contributed by atoms with Crippen molar-refractivity contribution in [1.82, 2.24) is 35.5 Å². The number of benzene rings is 1. The number of carbonyl (C=O) groups excluding carboxylic acids is 1. The minimum atomic E-state index is -0.168. The number of carbonyl (C=O) groups is 1. The van der Waals surface area contributed by atoms with E-state index in [0.29, 0.717) is 31.9 Å². The Balaban J connectivity index is 1.27. The first kappa shape index (κ1) is 18.7. The molecule has 0 radical (unpaired) electrons. The summed E-state index contributed by atoms with van der Waals surface area (Å²) in [6.07, 6.45) is 3.02. The number of amides is 1. The molecule has 1 aromatic carbocycles. The van der Waals surface area contributed by atoms with Gasteiger partial charge in [0.1, 0.15) is 24.3 Å². The Morgan fingerprint density at radius 1 is 1.14 bits per heavy atom. The predicted molar refractivity (Wildman–Crippen MR) is 105 cm³/mol. The summed E-state index contributed by atoms with van der Waals surface area (Å²) in [4.78, 5) is 23.1. The van der Waals surface area contributed by atoms with Gasteiger partial charge >= 0.3 is 0 Å². The van der Waals surface area contributed by atoms with Gasteiger partial charge in [-0.2, -0.15) is 0 Å². The van der Waals surface area contributed by atoms with Crippen molar-refractivity contribution in [3.05, 3.63) is 48.5 Å². The molecule has 4 rings (SSSR count). The zero-order chi connectivity index (χ0) is 19.9. The van der Waals surface area contributed by atoms with Gasteiger partial charge in [-0.1, -0.05) is 6.07 Å². The fraction of sp³-hybridized carbons (Fsp3) is 0.333. The summed E-state index contributed by atoms with van der Waals surface area (Å²) in [6.45, 7) is 4.02. The van der Waals surface area contributed by atoms with E-state index in [1.54, 1.807) is 18.2 Å². The minimum Gasteiger partial charge on any atom is -0.378 e. The van der Waals surface area contributed by atoms with Gasteiger partial charge in [0, 0.05) is 37.8 Å². The largest absolute Gasteiger partial charge is 0.378 e. The molecule has 0 atom stereocenters. The molecule has 2 N–H and O–H groups in total. The molecule has 1 saturated heterocycles. The van der Waals surface area contributed by atoms with E-state index in [4.69, 9.17) is 4.74 Å². The van der Waals surface area contributed by atoms with Crippen LogP contribution in [0.5, 0.6) is 0 Å². The highest BCUT2D eigenvalue weighted by atomic mass is 16.5. The van der Waals surface area contributed by atoms with Gasteiger partial charge in [0.05, 0.1) is 18.9 Å². The van der Waals surface area contributed by atoms with Crippen LogP contribution < -0.4 is 15.5 Å². The Labute approximate surface area is 167 Å². The maximum atomic E-state index is 12.4. The van der Waals surface area contributed by atoms with Crippen LogP contribution >= 0.6 is 0 Å². The van der Waals surface area contributed by atoms with E-state index in [-0.39, 0.29) is 5.91 Å². The Bertz CT molecular complexity index is 942. The van der Waals surface area contributed by atoms with E-state index in [2.05, 4.69) is 41.0 Å². The first-order valence-corrected chi connectivity index (χ1v) is 9.30. The monoisotopic (exact) mass is 395 g/mol. The molecule has 0 bridgehead atoms. The standard InChI is InChI=1S/C18H21N9O2/c28-18(14-2-1-3-15(10-14)27-13-23-24-25-27)20-5-4-19-16-11-17(22-12-21-16)26-6-8-29-9-7-26/h1-3,10-13H,4-9H2,(H,20,28)(H,19,21,22). The van der Waals surface area contributed by atoms with Crippen molar-refractivity contribution in [3.63, 3.8) is 0 Å². The predicted octanol–water partition coefficient (Wildman–Crippen LogP) is 0.131. The second kappa shape index (κ2) is 9.06. The number of rotatable bonds is 7. The van der Waals surface area contributed by atoms with Gasteiger partial charge < -0.3 is 20.3 Å². The topological polar surface area (TPSA) is 123 Å². The third-order valence-corrected chi connectivity index (χ3v) is 4.43. The minimum absolute atomic E-state index is 0.168. The number of hydrogen-bond acceptors (Lipinski definition) is 9. The molecule has 0 aliphatic carbocycles. The van der Waals surface area contributed by atoms with E-state index in [1.807, 2.05) is 12.1 Å². The summed E-state index contributed by atoms with van der Waals surface area (Å²) in [6, 6.07) is 9.00. The number of nitrogens with zero attached hydrogens (tertiary/aromatic N) is 7. The van der Waals surface area contributed by atoms with Crippen LogP contribution in [0.25, 0.3) is 5.69 Å². The molecule has 1 aliphatic rings. The first-order valence-electron chi connectivity index (χ1n) is 9.30. The third kappa shape index (κ3) is 4.82. The fourth-order valence-electron chi connectivity index (χ4n) is 2.95. The summed E-state index contributed by atoms with van der Waals surface area (Å²) in [5.74, 6) is 1.42. The lowest BCUT2D eigenvalue weighted by Gasteiger charge is -2.27. The first-order chi connectivity index (χ1) is 14.3. The van der Waals surface area contributed by atoms with Crippen molar-refractivity contribution < 1.29 is 9.53 Å². The van der Waals surface area contributed by atoms with Crippen molar-refractivity contribution in [2.45, 2.75) is 0 Å². The van der Waals surface area contributed by atoms with Crippen molar-refractivity contribution in [1.29, 1.82) is 0 Å². The van der Waals surface area contributed by atoms with Gasteiger partial charge in [0.2, 0.25) is 0 Å². The summed E-state index contributed by atoms with van der Waals surface area (Å²) < 4.78 is 6.87. The normalized spacial score (nSPS) is 13.9. The van der Waals surface area contributed by atoms with Crippen LogP contribution in [-0.4, -0.2) is 75.5 Å². The SMILES string of the molecule is O=C(NCCNc1cc(N2CCOCC2)ncn1)c1cccc(-n2cnnn2)c1. The summed E-state index contributed by atoms with van der Waals surface area (Å²) >= 11 is 0. The molecule has 3 aromatic rings. The third-order valence-electron chi connectivity index (χ3n) is 4.43. The van der Waals surface area contributed by atoms with Crippen molar-refractivity contribution in [2.75, 3.05) is 49.6 Å². The Kier molecular flexibility index (Phi) is 5.86. The lowest BCUT2D eigenvalue weighted by Crippen LogP contribution is -2.36. The van der Waals surface area contributed by atoms with Crippen molar-refractivity contribution in [2.24, 2.45) is 0 Å². The fourth-order valence-corrected chi connectivity index (χ4v) is 2.95. The average molecular weight is 395 g/mol. The molecule has 150 valence electrons. The van der Waals surface area contributed by atoms with Crippen molar-refractivity contribution in [3.8, 4) is 5.69 Å². The lowest BCUT2D eigenvalue weighted by atomic mass is 10.2. The molecule has 11 nitrogen and oxygen atoms in total. The molecule has 3 heterocycles. The highest BCUT2D eigenvalue weighted by Gasteiger charge is 2.13. The van der Waals surface area contributed by atoms with E-state index < -0.39 is 0 Å². The van der Waals surface area contributed by atoms with Gasteiger partial charge in [-0.25, -0.2) is 14.6 Å². The maximum absolute atomic E-state index is 12.4. The second-order valence-corrected chi connectivity index (χ2v) is 6.35. The second-order valence-electron chi connectivity index (χ2n) is 6.35. The molecule has 2 aromatic heterocycles. The van der Waals surface area contributed by atoms with Gasteiger partial charge in [-0.15, -0.1) is 5.10 Å². The molecular formula is C18H21N9O2. The van der Waals surface area contributed by atoms with Crippen LogP contribution in [-0.2, 0) is 4.74 Å². The number of morpholine rings is 1. The van der Waals surface area contributed by atoms with Crippen LogP contribution in [0, 0.1) is 0 Å². The van der Waals surface area contributed by atoms with Gasteiger partial charge in [-0.05, 0) is 28.6 Å². The van der Waals surface area contributed by atoms with Crippen LogP contribution in [0.3, 0.4) is 0 Å². The van der Waals surface area contributed by atoms with Crippen LogP contribution in [0.15, 0.2) is 43.0 Å². The number of nitrogens with one attached hydrogen (secondary N) is 2. The average Bonchev–Trinajstić information content (AvgIpc) is 3.33. The van der Waals surface area contributed by atoms with Crippen LogP contribution in [0.4, 0.5) is 11.6 Å².